The van der Waals surface area contributed by atoms with E-state index in [1.165, 1.54) is 0 Å². The van der Waals surface area contributed by atoms with Crippen LogP contribution < -0.4 is 5.32 Å². The lowest BCUT2D eigenvalue weighted by atomic mass is 10.4. The maximum absolute atomic E-state index is 11.7. The van der Waals surface area contributed by atoms with Crippen LogP contribution >= 0.6 is 0 Å². The van der Waals surface area contributed by atoms with Crippen LogP contribution in [0.3, 0.4) is 0 Å². The van der Waals surface area contributed by atoms with Crippen molar-refractivity contribution in [2.75, 3.05) is 13.1 Å². The summed E-state index contributed by atoms with van der Waals surface area (Å²) in [5, 5.41) is 2.33. The number of alkyl halides is 3. The number of aryl methyl sites for hydroxylation is 1. The van der Waals surface area contributed by atoms with Crippen LogP contribution in [0.2, 0.25) is 0 Å². The number of nitrogens with zero attached hydrogens (tertiary/aromatic N) is 2. The average molecular weight is 207 g/mol. The van der Waals surface area contributed by atoms with E-state index in [2.05, 4.69) is 10.3 Å². The fourth-order valence-electron chi connectivity index (χ4n) is 1.04. The standard InChI is InChI=1S/C8H12F3N3/c9-8(10,11)6-12-2-1-4-14-5-3-13-7-14/h3,5,7,12H,1-2,4,6H2. The Bertz CT molecular complexity index is 243. The molecule has 0 aliphatic rings. The first-order chi connectivity index (χ1) is 6.58. The molecule has 0 bridgehead atoms. The molecule has 1 aromatic heterocycles. The van der Waals surface area contributed by atoms with Gasteiger partial charge in [0.05, 0.1) is 12.9 Å². The maximum atomic E-state index is 11.7. The Morgan fingerprint density at radius 1 is 1.36 bits per heavy atom. The lowest BCUT2D eigenvalue weighted by Crippen LogP contribution is -2.29. The van der Waals surface area contributed by atoms with E-state index >= 15 is 0 Å². The SMILES string of the molecule is FC(F)(F)CNCCCn1ccnc1. The zero-order valence-electron chi connectivity index (χ0n) is 7.59. The second-order valence-corrected chi connectivity index (χ2v) is 2.95. The zero-order valence-corrected chi connectivity index (χ0v) is 7.59. The molecule has 6 heteroatoms. The van der Waals surface area contributed by atoms with Crippen molar-refractivity contribution in [2.45, 2.75) is 19.1 Å². The normalized spacial score (nSPS) is 11.9. The van der Waals surface area contributed by atoms with E-state index in [-0.39, 0.29) is 0 Å². The van der Waals surface area contributed by atoms with Gasteiger partial charge < -0.3 is 9.88 Å². The Morgan fingerprint density at radius 3 is 2.71 bits per heavy atom. The van der Waals surface area contributed by atoms with Crippen molar-refractivity contribution in [1.82, 2.24) is 14.9 Å². The topological polar surface area (TPSA) is 29.9 Å². The highest BCUT2D eigenvalue weighted by atomic mass is 19.4. The highest BCUT2D eigenvalue weighted by molar-refractivity contribution is 4.73. The molecule has 0 aliphatic carbocycles. The molecular formula is C8H12F3N3. The third-order valence-corrected chi connectivity index (χ3v) is 1.65. The number of hydrogen-bond acceptors (Lipinski definition) is 2. The Hall–Kier alpha value is -1.04. The van der Waals surface area contributed by atoms with E-state index in [0.717, 1.165) is 0 Å². The molecule has 0 aliphatic heterocycles. The predicted molar refractivity (Wildman–Crippen MR) is 45.8 cm³/mol. The Kier molecular flexibility index (Phi) is 3.94. The molecule has 1 rings (SSSR count). The number of imidazole rings is 1. The van der Waals surface area contributed by atoms with Crippen molar-refractivity contribution in [1.29, 1.82) is 0 Å². The van der Waals surface area contributed by atoms with Crippen molar-refractivity contribution in [3.63, 3.8) is 0 Å². The van der Waals surface area contributed by atoms with E-state index in [4.69, 9.17) is 0 Å². The summed E-state index contributed by atoms with van der Waals surface area (Å²) in [6.45, 7) is 0.124. The molecule has 0 amide bonds. The first-order valence-electron chi connectivity index (χ1n) is 4.31. The van der Waals surface area contributed by atoms with Gasteiger partial charge in [-0.15, -0.1) is 0 Å². The Morgan fingerprint density at radius 2 is 2.14 bits per heavy atom. The van der Waals surface area contributed by atoms with Crippen molar-refractivity contribution in [3.05, 3.63) is 18.7 Å². The minimum atomic E-state index is -4.12. The van der Waals surface area contributed by atoms with Gasteiger partial charge in [-0.3, -0.25) is 0 Å². The van der Waals surface area contributed by atoms with Gasteiger partial charge in [0.15, 0.2) is 0 Å². The Balaban J connectivity index is 2.00. The number of rotatable bonds is 5. The van der Waals surface area contributed by atoms with Gasteiger partial charge in [0, 0.05) is 18.9 Å². The minimum absolute atomic E-state index is 0.359. The van der Waals surface area contributed by atoms with E-state index < -0.39 is 12.7 Å². The van der Waals surface area contributed by atoms with E-state index in [0.29, 0.717) is 19.5 Å². The van der Waals surface area contributed by atoms with Gasteiger partial charge in [0.25, 0.3) is 0 Å². The molecule has 1 N–H and O–H groups in total. The molecular weight excluding hydrogens is 195 g/mol. The summed E-state index contributed by atoms with van der Waals surface area (Å²) in [7, 11) is 0. The molecule has 0 saturated heterocycles. The summed E-state index contributed by atoms with van der Waals surface area (Å²) < 4.78 is 36.9. The molecule has 1 aromatic rings. The molecule has 80 valence electrons. The average Bonchev–Trinajstić information content (AvgIpc) is 2.54. The van der Waals surface area contributed by atoms with Crippen LogP contribution in [0.15, 0.2) is 18.7 Å². The Labute approximate surface area is 79.9 Å². The van der Waals surface area contributed by atoms with Crippen molar-refractivity contribution in [2.24, 2.45) is 0 Å². The monoisotopic (exact) mass is 207 g/mol. The highest BCUT2D eigenvalue weighted by Gasteiger charge is 2.25. The molecule has 0 spiro atoms. The summed E-state index contributed by atoms with van der Waals surface area (Å²) in [6, 6.07) is 0. The zero-order chi connectivity index (χ0) is 10.4. The molecule has 0 saturated carbocycles. The van der Waals surface area contributed by atoms with Crippen LogP contribution in [0.1, 0.15) is 6.42 Å². The number of hydrogen-bond donors (Lipinski definition) is 1. The number of aromatic nitrogens is 2. The van der Waals surface area contributed by atoms with Crippen LogP contribution in [-0.4, -0.2) is 28.8 Å². The summed E-state index contributed by atoms with van der Waals surface area (Å²) in [5.74, 6) is 0. The van der Waals surface area contributed by atoms with Gasteiger partial charge >= 0.3 is 6.18 Å². The van der Waals surface area contributed by atoms with Crippen molar-refractivity contribution < 1.29 is 13.2 Å². The summed E-state index contributed by atoms with van der Waals surface area (Å²) in [4.78, 5) is 3.82. The van der Waals surface area contributed by atoms with E-state index in [9.17, 15) is 13.2 Å². The lowest BCUT2D eigenvalue weighted by molar-refractivity contribution is -0.124. The van der Waals surface area contributed by atoms with Crippen LogP contribution in [0.4, 0.5) is 13.2 Å². The predicted octanol–water partition coefficient (Wildman–Crippen LogP) is 1.43. The van der Waals surface area contributed by atoms with Gasteiger partial charge in [-0.25, -0.2) is 4.98 Å². The second kappa shape index (κ2) is 4.99. The van der Waals surface area contributed by atoms with Gasteiger partial charge in [-0.1, -0.05) is 0 Å². The van der Waals surface area contributed by atoms with Crippen molar-refractivity contribution in [3.8, 4) is 0 Å². The fourth-order valence-corrected chi connectivity index (χ4v) is 1.04. The molecule has 0 aromatic carbocycles. The smallest absolute Gasteiger partial charge is 0.337 e. The summed E-state index contributed by atoms with van der Waals surface area (Å²) >= 11 is 0. The highest BCUT2D eigenvalue weighted by Crippen LogP contribution is 2.11. The maximum Gasteiger partial charge on any atom is 0.401 e. The van der Waals surface area contributed by atoms with Crippen LogP contribution in [-0.2, 0) is 6.54 Å². The van der Waals surface area contributed by atoms with Gasteiger partial charge in [-0.2, -0.15) is 13.2 Å². The largest absolute Gasteiger partial charge is 0.401 e. The number of halogens is 3. The first kappa shape index (κ1) is 11.0. The molecule has 14 heavy (non-hydrogen) atoms. The van der Waals surface area contributed by atoms with Crippen molar-refractivity contribution >= 4 is 0 Å². The number of nitrogens with one attached hydrogen (secondary N) is 1. The molecule has 0 atom stereocenters. The van der Waals surface area contributed by atoms with E-state index in [1.54, 1.807) is 18.7 Å². The molecule has 0 unspecified atom stereocenters. The van der Waals surface area contributed by atoms with Gasteiger partial charge in [0.2, 0.25) is 0 Å². The fraction of sp³-hybridized carbons (Fsp3) is 0.625. The van der Waals surface area contributed by atoms with E-state index in [1.807, 2.05) is 4.57 Å². The van der Waals surface area contributed by atoms with Crippen LogP contribution in [0.5, 0.6) is 0 Å². The van der Waals surface area contributed by atoms with Crippen LogP contribution in [0.25, 0.3) is 0 Å². The first-order valence-corrected chi connectivity index (χ1v) is 4.31. The summed E-state index contributed by atoms with van der Waals surface area (Å²) in [5.41, 5.74) is 0. The molecule has 0 fully saturated rings. The third-order valence-electron chi connectivity index (χ3n) is 1.65. The van der Waals surface area contributed by atoms with Gasteiger partial charge in [-0.05, 0) is 13.0 Å². The summed E-state index contributed by atoms with van der Waals surface area (Å²) in [6.07, 6.45) is 1.61. The molecule has 0 radical (unpaired) electrons. The lowest BCUT2D eigenvalue weighted by Gasteiger charge is -2.07. The van der Waals surface area contributed by atoms with Crippen LogP contribution in [0, 0.1) is 0 Å². The third kappa shape index (κ3) is 4.86. The minimum Gasteiger partial charge on any atom is -0.337 e. The quantitative estimate of drug-likeness (QED) is 0.740. The second-order valence-electron chi connectivity index (χ2n) is 2.95. The molecule has 1 heterocycles. The molecule has 3 nitrogen and oxygen atoms in total. The van der Waals surface area contributed by atoms with Gasteiger partial charge in [0.1, 0.15) is 0 Å².